The van der Waals surface area contributed by atoms with Crippen molar-refractivity contribution in [1.82, 2.24) is 20.2 Å². The second kappa shape index (κ2) is 4.98. The van der Waals surface area contributed by atoms with Gasteiger partial charge in [-0.2, -0.15) is 4.80 Å². The second-order valence-electron chi connectivity index (χ2n) is 3.45. The maximum Gasteiger partial charge on any atom is 0.300 e. The number of nitro benzene ring substituents is 1. The molecule has 0 fully saturated rings. The zero-order valence-corrected chi connectivity index (χ0v) is 10.3. The minimum Gasteiger partial charge on any atom is -0.288 e. The van der Waals surface area contributed by atoms with E-state index in [0.29, 0.717) is 0 Å². The first-order chi connectivity index (χ1) is 8.99. The number of benzene rings is 1. The van der Waals surface area contributed by atoms with Crippen LogP contribution in [0, 0.1) is 10.1 Å². The molecule has 0 saturated heterocycles. The number of anilines is 1. The molecule has 98 valence electrons. The molecule has 0 aliphatic carbocycles. The minimum absolute atomic E-state index is 0.0539. The third-order valence-corrected chi connectivity index (χ3v) is 2.45. The lowest BCUT2D eigenvalue weighted by Crippen LogP contribution is -2.15. The number of carbonyl (C=O) groups excluding carboxylic acids is 1. The number of rotatable bonds is 3. The van der Waals surface area contributed by atoms with Gasteiger partial charge in [0.1, 0.15) is 10.6 Å². The number of halogens is 1. The average molecular weight is 283 g/mol. The number of para-hydroxylation sites is 1. The van der Waals surface area contributed by atoms with Crippen LogP contribution >= 0.6 is 11.6 Å². The number of hydrogen-bond donors (Lipinski definition) is 1. The van der Waals surface area contributed by atoms with Crippen molar-refractivity contribution in [2.75, 3.05) is 5.32 Å². The number of nitro groups is 1. The SMILES string of the molecule is Cn1nnc(NC(=O)c2cccc(Cl)c2[N+](=O)[O-])n1. The Labute approximate surface area is 111 Å². The van der Waals surface area contributed by atoms with E-state index in [2.05, 4.69) is 20.7 Å². The monoisotopic (exact) mass is 282 g/mol. The van der Waals surface area contributed by atoms with Gasteiger partial charge in [-0.1, -0.05) is 22.8 Å². The number of nitrogens with zero attached hydrogens (tertiary/aromatic N) is 5. The van der Waals surface area contributed by atoms with Crippen molar-refractivity contribution in [2.24, 2.45) is 7.05 Å². The number of carbonyl (C=O) groups is 1. The highest BCUT2D eigenvalue weighted by molar-refractivity contribution is 6.33. The van der Waals surface area contributed by atoms with Gasteiger partial charge in [-0.15, -0.1) is 5.10 Å². The van der Waals surface area contributed by atoms with Gasteiger partial charge in [0, 0.05) is 0 Å². The van der Waals surface area contributed by atoms with E-state index in [4.69, 9.17) is 11.6 Å². The van der Waals surface area contributed by atoms with Crippen molar-refractivity contribution in [3.05, 3.63) is 38.9 Å². The van der Waals surface area contributed by atoms with Crippen LogP contribution in [0.15, 0.2) is 18.2 Å². The van der Waals surface area contributed by atoms with Gasteiger partial charge in [0.15, 0.2) is 0 Å². The van der Waals surface area contributed by atoms with Crippen molar-refractivity contribution in [3.63, 3.8) is 0 Å². The fourth-order valence-electron chi connectivity index (χ4n) is 1.39. The molecule has 0 bridgehead atoms. The summed E-state index contributed by atoms with van der Waals surface area (Å²) in [4.78, 5) is 23.2. The van der Waals surface area contributed by atoms with E-state index in [9.17, 15) is 14.9 Å². The summed E-state index contributed by atoms with van der Waals surface area (Å²) >= 11 is 5.71. The first-order valence-electron chi connectivity index (χ1n) is 4.97. The van der Waals surface area contributed by atoms with Gasteiger partial charge < -0.3 is 0 Å². The summed E-state index contributed by atoms with van der Waals surface area (Å²) in [5, 5.41) is 23.9. The molecule has 1 aromatic carbocycles. The molecule has 1 N–H and O–H groups in total. The molecule has 0 radical (unpaired) electrons. The van der Waals surface area contributed by atoms with Crippen LogP contribution in [-0.4, -0.2) is 31.0 Å². The van der Waals surface area contributed by atoms with E-state index < -0.39 is 16.5 Å². The van der Waals surface area contributed by atoms with Crippen LogP contribution in [0.5, 0.6) is 0 Å². The third-order valence-electron chi connectivity index (χ3n) is 2.15. The zero-order valence-electron chi connectivity index (χ0n) is 9.57. The molecule has 9 nitrogen and oxygen atoms in total. The first kappa shape index (κ1) is 12.9. The van der Waals surface area contributed by atoms with Crippen LogP contribution in [0.2, 0.25) is 5.02 Å². The fraction of sp³-hybridized carbons (Fsp3) is 0.111. The molecule has 2 rings (SSSR count). The van der Waals surface area contributed by atoms with Crippen LogP contribution in [0.4, 0.5) is 11.6 Å². The van der Waals surface area contributed by atoms with Crippen LogP contribution < -0.4 is 5.32 Å². The topological polar surface area (TPSA) is 116 Å². The highest BCUT2D eigenvalue weighted by Crippen LogP contribution is 2.28. The lowest BCUT2D eigenvalue weighted by molar-refractivity contribution is -0.385. The summed E-state index contributed by atoms with van der Waals surface area (Å²) in [6, 6.07) is 4.06. The Morgan fingerprint density at radius 2 is 2.26 bits per heavy atom. The van der Waals surface area contributed by atoms with E-state index in [-0.39, 0.29) is 16.5 Å². The molecule has 1 amide bonds. The van der Waals surface area contributed by atoms with Gasteiger partial charge in [-0.3, -0.25) is 20.2 Å². The van der Waals surface area contributed by atoms with Gasteiger partial charge in [0.05, 0.1) is 12.0 Å². The Morgan fingerprint density at radius 3 is 2.84 bits per heavy atom. The van der Waals surface area contributed by atoms with Crippen molar-refractivity contribution in [1.29, 1.82) is 0 Å². The second-order valence-corrected chi connectivity index (χ2v) is 3.86. The Bertz CT molecular complexity index is 655. The van der Waals surface area contributed by atoms with Crippen molar-refractivity contribution >= 4 is 29.1 Å². The van der Waals surface area contributed by atoms with E-state index in [1.54, 1.807) is 0 Å². The first-order valence-corrected chi connectivity index (χ1v) is 5.35. The molecule has 10 heteroatoms. The quantitative estimate of drug-likeness (QED) is 0.664. The molecular weight excluding hydrogens is 276 g/mol. The molecule has 19 heavy (non-hydrogen) atoms. The Hall–Kier alpha value is -2.55. The zero-order chi connectivity index (χ0) is 14.0. The van der Waals surface area contributed by atoms with Crippen molar-refractivity contribution in [3.8, 4) is 0 Å². The number of hydrogen-bond acceptors (Lipinski definition) is 6. The molecular formula is C9H7ClN6O3. The van der Waals surface area contributed by atoms with Crippen LogP contribution in [0.3, 0.4) is 0 Å². The molecule has 1 heterocycles. The summed E-state index contributed by atoms with van der Waals surface area (Å²) < 4.78 is 0. The average Bonchev–Trinajstić information content (AvgIpc) is 2.73. The number of tetrazole rings is 1. The lowest BCUT2D eigenvalue weighted by Gasteiger charge is -2.03. The van der Waals surface area contributed by atoms with E-state index in [0.717, 1.165) is 4.80 Å². The smallest absolute Gasteiger partial charge is 0.288 e. The molecule has 0 aliphatic heterocycles. The van der Waals surface area contributed by atoms with E-state index >= 15 is 0 Å². The van der Waals surface area contributed by atoms with E-state index in [1.807, 2.05) is 0 Å². The van der Waals surface area contributed by atoms with Gasteiger partial charge >= 0.3 is 5.69 Å². The third kappa shape index (κ3) is 2.65. The summed E-state index contributed by atoms with van der Waals surface area (Å²) in [7, 11) is 1.52. The maximum atomic E-state index is 11.9. The highest BCUT2D eigenvalue weighted by Gasteiger charge is 2.24. The molecule has 2 aromatic rings. The lowest BCUT2D eigenvalue weighted by atomic mass is 10.1. The predicted octanol–water partition coefficient (Wildman–Crippen LogP) is 1.02. The van der Waals surface area contributed by atoms with Gasteiger partial charge in [-0.05, 0) is 17.3 Å². The van der Waals surface area contributed by atoms with E-state index in [1.165, 1.54) is 25.2 Å². The maximum absolute atomic E-state index is 11.9. The van der Waals surface area contributed by atoms with Crippen LogP contribution in [0.1, 0.15) is 10.4 Å². The van der Waals surface area contributed by atoms with Crippen LogP contribution in [0.25, 0.3) is 0 Å². The molecule has 0 atom stereocenters. The minimum atomic E-state index is -0.734. The van der Waals surface area contributed by atoms with Crippen LogP contribution in [-0.2, 0) is 7.05 Å². The molecule has 0 saturated carbocycles. The summed E-state index contributed by atoms with van der Waals surface area (Å²) in [6.07, 6.45) is 0. The Kier molecular flexibility index (Phi) is 3.38. The highest BCUT2D eigenvalue weighted by atomic mass is 35.5. The Morgan fingerprint density at radius 1 is 1.53 bits per heavy atom. The van der Waals surface area contributed by atoms with Gasteiger partial charge in [-0.25, -0.2) is 0 Å². The Balaban J connectivity index is 2.34. The normalized spacial score (nSPS) is 10.2. The summed E-state index contributed by atoms with van der Waals surface area (Å²) in [5.41, 5.74) is -0.643. The van der Waals surface area contributed by atoms with Crippen molar-refractivity contribution in [2.45, 2.75) is 0 Å². The number of amides is 1. The standard InChI is InChI=1S/C9H7ClN6O3/c1-15-13-9(12-14-15)11-8(17)5-3-2-4-6(10)7(5)16(18)19/h2-4H,1H3,(H,11,13,17). The molecule has 0 unspecified atom stereocenters. The number of aromatic nitrogens is 4. The number of nitrogens with one attached hydrogen (secondary N) is 1. The number of aryl methyl sites for hydroxylation is 1. The molecule has 1 aromatic heterocycles. The van der Waals surface area contributed by atoms with Gasteiger partial charge in [0.2, 0.25) is 0 Å². The largest absolute Gasteiger partial charge is 0.300 e. The molecule has 0 spiro atoms. The molecule has 0 aliphatic rings. The predicted molar refractivity (Wildman–Crippen MR) is 64.9 cm³/mol. The van der Waals surface area contributed by atoms with Crippen molar-refractivity contribution < 1.29 is 9.72 Å². The fourth-order valence-corrected chi connectivity index (χ4v) is 1.63. The van der Waals surface area contributed by atoms with Gasteiger partial charge in [0.25, 0.3) is 11.9 Å². The summed E-state index contributed by atoms with van der Waals surface area (Å²) in [5.74, 6) is -0.788. The summed E-state index contributed by atoms with van der Waals surface area (Å²) in [6.45, 7) is 0.